The summed E-state index contributed by atoms with van der Waals surface area (Å²) < 4.78 is 46.4. The van der Waals surface area contributed by atoms with Crippen LogP contribution in [0.5, 0.6) is 0 Å². The Balaban J connectivity index is 0.935. The minimum atomic E-state index is -4.65. The van der Waals surface area contributed by atoms with Crippen molar-refractivity contribution >= 4 is 51.4 Å². The Kier molecular flexibility index (Phi) is 8.08. The van der Waals surface area contributed by atoms with Gasteiger partial charge in [-0.2, -0.15) is 13.2 Å². The predicted molar refractivity (Wildman–Crippen MR) is 199 cm³/mol. The fraction of sp³-hybridized carbons (Fsp3) is 0.250. The van der Waals surface area contributed by atoms with E-state index >= 15 is 0 Å². The molecule has 2 saturated heterocycles. The van der Waals surface area contributed by atoms with Gasteiger partial charge in [0, 0.05) is 60.0 Å². The average molecular weight is 735 g/mol. The zero-order valence-electron chi connectivity index (χ0n) is 28.4. The Morgan fingerprint density at radius 2 is 1.66 bits per heavy atom. The molecule has 2 fully saturated rings. The molecule has 0 bridgehead atoms. The third kappa shape index (κ3) is 6.13. The van der Waals surface area contributed by atoms with E-state index in [1.54, 1.807) is 45.4 Å². The van der Waals surface area contributed by atoms with Crippen molar-refractivity contribution in [1.82, 2.24) is 15.0 Å². The fourth-order valence-corrected chi connectivity index (χ4v) is 8.79. The molecule has 6 aromatic rings. The van der Waals surface area contributed by atoms with Crippen molar-refractivity contribution in [2.75, 3.05) is 48.0 Å². The average Bonchev–Trinajstić information content (AvgIpc) is 3.75. The van der Waals surface area contributed by atoms with Gasteiger partial charge in [0.1, 0.15) is 17.3 Å². The van der Waals surface area contributed by atoms with E-state index in [0.29, 0.717) is 50.5 Å². The number of nitrogens with zero attached hydrogens (tertiary/aromatic N) is 4. The zero-order valence-corrected chi connectivity index (χ0v) is 29.2. The molecule has 2 amide bonds. The Hall–Kier alpha value is -5.53. The number of benzene rings is 3. The number of imidazole rings is 1. The van der Waals surface area contributed by atoms with Gasteiger partial charge in [0.25, 0.3) is 11.8 Å². The topological polar surface area (TPSA) is 103 Å². The Bertz CT molecular complexity index is 2340. The van der Waals surface area contributed by atoms with E-state index < -0.39 is 17.8 Å². The van der Waals surface area contributed by atoms with Crippen LogP contribution in [0.3, 0.4) is 0 Å². The summed E-state index contributed by atoms with van der Waals surface area (Å²) in [4.78, 5) is 45.4. The Morgan fingerprint density at radius 3 is 2.43 bits per heavy atom. The van der Waals surface area contributed by atoms with Gasteiger partial charge in [-0.3, -0.25) is 9.59 Å². The van der Waals surface area contributed by atoms with Crippen molar-refractivity contribution < 1.29 is 27.5 Å². The molecule has 53 heavy (non-hydrogen) atoms. The number of amides is 2. The maximum Gasteiger partial charge on any atom is 0.433 e. The number of nitrogens with one attached hydrogen (secondary N) is 2. The van der Waals surface area contributed by atoms with Crippen molar-refractivity contribution in [1.29, 1.82) is 0 Å². The molecule has 3 aliphatic heterocycles. The van der Waals surface area contributed by atoms with Crippen molar-refractivity contribution in [3.05, 3.63) is 113 Å². The number of rotatable bonds is 5. The van der Waals surface area contributed by atoms with Crippen molar-refractivity contribution in [3.8, 4) is 21.1 Å². The number of fused-ring (bicyclic) bond motifs is 4. The molecule has 0 aliphatic carbocycles. The van der Waals surface area contributed by atoms with E-state index in [9.17, 15) is 22.8 Å². The van der Waals surface area contributed by atoms with Crippen molar-refractivity contribution in [2.24, 2.45) is 5.41 Å². The summed E-state index contributed by atoms with van der Waals surface area (Å²) in [6.07, 6.45) is -2.36. The molecule has 0 radical (unpaired) electrons. The molecular weight excluding hydrogens is 702 g/mol. The number of halogens is 3. The number of alkyl halides is 3. The van der Waals surface area contributed by atoms with Gasteiger partial charge in [-0.05, 0) is 85.5 Å². The van der Waals surface area contributed by atoms with Crippen LogP contribution in [0.25, 0.3) is 32.2 Å². The van der Waals surface area contributed by atoms with Gasteiger partial charge in [0.05, 0.1) is 27.2 Å². The lowest BCUT2D eigenvalue weighted by Crippen LogP contribution is -2.59. The quantitative estimate of drug-likeness (QED) is 0.184. The number of aromatic amines is 1. The van der Waals surface area contributed by atoms with Crippen LogP contribution in [0.15, 0.2) is 91.0 Å². The number of para-hydroxylation sites is 3. The first kappa shape index (κ1) is 33.3. The fourth-order valence-electron chi connectivity index (χ4n) is 7.60. The van der Waals surface area contributed by atoms with Gasteiger partial charge < -0.3 is 24.8 Å². The highest BCUT2D eigenvalue weighted by Gasteiger charge is 2.46. The van der Waals surface area contributed by atoms with Gasteiger partial charge in [0.15, 0.2) is 0 Å². The van der Waals surface area contributed by atoms with E-state index in [-0.39, 0.29) is 22.7 Å². The first-order valence-electron chi connectivity index (χ1n) is 17.5. The molecule has 9 rings (SSSR count). The molecule has 3 aromatic heterocycles. The van der Waals surface area contributed by atoms with Crippen LogP contribution in [-0.2, 0) is 17.3 Å². The maximum absolute atomic E-state index is 14.0. The second-order valence-electron chi connectivity index (χ2n) is 13.9. The maximum atomic E-state index is 14.0. The number of thiophene rings is 1. The number of hydrogen-bond donors (Lipinski definition) is 2. The number of anilines is 3. The predicted octanol–water partition coefficient (Wildman–Crippen LogP) is 8.44. The van der Waals surface area contributed by atoms with Crippen LogP contribution in [0.2, 0.25) is 0 Å². The molecule has 13 heteroatoms. The number of carbonyl (C=O) groups is 2. The lowest BCUT2D eigenvalue weighted by atomic mass is 9.73. The molecule has 0 atom stereocenters. The summed E-state index contributed by atoms with van der Waals surface area (Å²) in [6.45, 7) is 2.71. The first-order valence-corrected chi connectivity index (χ1v) is 18.3. The van der Waals surface area contributed by atoms with Gasteiger partial charge in [-0.15, -0.1) is 11.3 Å². The van der Waals surface area contributed by atoms with Crippen molar-refractivity contribution in [2.45, 2.75) is 25.4 Å². The summed E-state index contributed by atoms with van der Waals surface area (Å²) >= 11 is 1.65. The molecule has 3 aliphatic rings. The summed E-state index contributed by atoms with van der Waals surface area (Å²) in [5.74, 6) is 0.0655. The van der Waals surface area contributed by atoms with Crippen molar-refractivity contribution in [3.63, 3.8) is 0 Å². The van der Waals surface area contributed by atoms with Crippen LogP contribution < -0.4 is 15.1 Å². The highest BCUT2D eigenvalue weighted by molar-refractivity contribution is 7.19. The molecule has 0 unspecified atom stereocenters. The Labute approximate surface area is 306 Å². The smallest absolute Gasteiger partial charge is 0.381 e. The lowest BCUT2D eigenvalue weighted by Gasteiger charge is -2.53. The second-order valence-corrected chi connectivity index (χ2v) is 14.9. The molecule has 1 spiro atoms. The summed E-state index contributed by atoms with van der Waals surface area (Å²) in [5, 5.41) is 2.80. The SMILES string of the molecule is O=C(Nc1ccc(C(=O)N2CCc3cc(-c4nc5ccccc5[nH]4)sc3-c3ccccc32)cc1)c1ccc(C(F)(F)F)nc1N1CC2(CCOCC2)C1. The molecule has 0 saturated carbocycles. The largest absolute Gasteiger partial charge is 0.433 e. The third-order valence-corrected chi connectivity index (χ3v) is 11.6. The molecule has 9 nitrogen and oxygen atoms in total. The molecular formula is C40H33F3N6O3S. The molecule has 6 heterocycles. The summed E-state index contributed by atoms with van der Waals surface area (Å²) in [7, 11) is 0. The number of ether oxygens (including phenoxy) is 1. The third-order valence-electron chi connectivity index (χ3n) is 10.4. The summed E-state index contributed by atoms with van der Waals surface area (Å²) in [5.41, 5.74) is 4.61. The van der Waals surface area contributed by atoms with E-state index in [1.807, 2.05) is 48.5 Å². The minimum absolute atomic E-state index is 0.0132. The van der Waals surface area contributed by atoms with E-state index in [4.69, 9.17) is 9.72 Å². The van der Waals surface area contributed by atoms with Gasteiger partial charge in [-0.25, -0.2) is 9.97 Å². The standard InChI is InChI=1S/C40H33F3N6O3S/c41-40(42,43)33-14-13-28(36(47-33)48-22-39(23-48)16-19-52-20-17-39)37(50)44-26-11-9-24(10-12-26)38(51)49-18-15-25-21-32(35-45-29-6-2-3-7-30(29)46-35)53-34(25)27-5-1-4-8-31(27)49/h1-14,21H,15-20,22-23H2,(H,44,50)(H,45,46). The van der Waals surface area contributed by atoms with Crippen LogP contribution in [0, 0.1) is 5.41 Å². The minimum Gasteiger partial charge on any atom is -0.381 e. The Morgan fingerprint density at radius 1 is 0.906 bits per heavy atom. The molecule has 2 N–H and O–H groups in total. The van der Waals surface area contributed by atoms with Crippen LogP contribution in [-0.4, -0.2) is 59.6 Å². The monoisotopic (exact) mass is 734 g/mol. The highest BCUT2D eigenvalue weighted by Crippen LogP contribution is 2.45. The van der Waals surface area contributed by atoms with Crippen LogP contribution in [0.1, 0.15) is 44.8 Å². The van der Waals surface area contributed by atoms with Crippen LogP contribution >= 0.6 is 11.3 Å². The van der Waals surface area contributed by atoms with Gasteiger partial charge in [0.2, 0.25) is 0 Å². The highest BCUT2D eigenvalue weighted by atomic mass is 32.1. The number of pyridine rings is 1. The molecule has 3 aromatic carbocycles. The number of H-pyrrole nitrogens is 1. The second kappa shape index (κ2) is 12.8. The lowest BCUT2D eigenvalue weighted by molar-refractivity contribution is -0.141. The van der Waals surface area contributed by atoms with Gasteiger partial charge >= 0.3 is 6.18 Å². The van der Waals surface area contributed by atoms with E-state index in [1.165, 1.54) is 6.07 Å². The number of hydrogen-bond acceptors (Lipinski definition) is 7. The van der Waals surface area contributed by atoms with Gasteiger partial charge in [-0.1, -0.05) is 30.3 Å². The number of carbonyl (C=O) groups excluding carboxylic acids is 2. The van der Waals surface area contributed by atoms with E-state index in [0.717, 1.165) is 62.3 Å². The first-order chi connectivity index (χ1) is 25.6. The number of aromatic nitrogens is 3. The van der Waals surface area contributed by atoms with Crippen LogP contribution in [0.4, 0.5) is 30.4 Å². The normalized spacial score (nSPS) is 16.5. The van der Waals surface area contributed by atoms with E-state index in [2.05, 4.69) is 21.4 Å². The zero-order chi connectivity index (χ0) is 36.3. The molecule has 268 valence electrons. The summed E-state index contributed by atoms with van der Waals surface area (Å²) in [6, 6.07) is 26.5.